The summed E-state index contributed by atoms with van der Waals surface area (Å²) in [6.45, 7) is 2.40. The molecular weight excluding hydrogens is 300 g/mol. The van der Waals surface area contributed by atoms with E-state index in [0.717, 1.165) is 16.8 Å². The first-order chi connectivity index (χ1) is 10.5. The van der Waals surface area contributed by atoms with Gasteiger partial charge < -0.3 is 5.73 Å². The zero-order chi connectivity index (χ0) is 15.7. The van der Waals surface area contributed by atoms with Crippen molar-refractivity contribution in [3.63, 3.8) is 0 Å². The molecule has 0 amide bonds. The van der Waals surface area contributed by atoms with Gasteiger partial charge in [0.25, 0.3) is 0 Å². The van der Waals surface area contributed by atoms with Crippen LogP contribution in [0.25, 0.3) is 5.69 Å². The van der Waals surface area contributed by atoms with Gasteiger partial charge in [-0.15, -0.1) is 0 Å². The van der Waals surface area contributed by atoms with E-state index in [9.17, 15) is 4.79 Å². The maximum Gasteiger partial charge on any atom is 0.350 e. The van der Waals surface area contributed by atoms with Crippen LogP contribution < -0.4 is 11.4 Å². The van der Waals surface area contributed by atoms with Crippen LogP contribution in [-0.4, -0.2) is 14.3 Å². The zero-order valence-corrected chi connectivity index (χ0v) is 12.8. The van der Waals surface area contributed by atoms with E-state index in [4.69, 9.17) is 17.3 Å². The lowest BCUT2D eigenvalue weighted by Gasteiger charge is -2.05. The number of rotatable bonds is 3. The highest BCUT2D eigenvalue weighted by Crippen LogP contribution is 2.14. The van der Waals surface area contributed by atoms with Gasteiger partial charge in [-0.25, -0.2) is 4.79 Å². The molecule has 0 atom stereocenters. The van der Waals surface area contributed by atoms with Gasteiger partial charge in [-0.05, 0) is 48.4 Å². The Labute approximate surface area is 132 Å². The number of nitrogens with zero attached hydrogens (tertiary/aromatic N) is 3. The third-order valence-corrected chi connectivity index (χ3v) is 3.74. The lowest BCUT2D eigenvalue weighted by Crippen LogP contribution is -2.24. The number of hydrogen-bond donors (Lipinski definition) is 1. The zero-order valence-electron chi connectivity index (χ0n) is 12.0. The number of anilines is 1. The first kappa shape index (κ1) is 14.4. The maximum atomic E-state index is 12.4. The molecule has 0 fully saturated rings. The van der Waals surface area contributed by atoms with Crippen molar-refractivity contribution >= 4 is 17.3 Å². The predicted molar refractivity (Wildman–Crippen MR) is 87.5 cm³/mol. The molecule has 3 aromatic rings. The summed E-state index contributed by atoms with van der Waals surface area (Å²) in [5, 5.41) is 4.77. The fourth-order valence-corrected chi connectivity index (χ4v) is 2.36. The number of halogens is 1. The molecule has 0 aliphatic heterocycles. The Bertz CT molecular complexity index is 865. The molecule has 0 radical (unpaired) electrons. The van der Waals surface area contributed by atoms with Gasteiger partial charge in [-0.1, -0.05) is 23.7 Å². The van der Waals surface area contributed by atoms with Crippen LogP contribution >= 0.6 is 11.6 Å². The molecule has 6 heteroatoms. The SMILES string of the molecule is Cc1cc(Cn2cnn(-c3ccc(Cl)cc3)c2=O)ccc1N. The Balaban J connectivity index is 1.92. The van der Waals surface area contributed by atoms with Gasteiger partial charge in [0.1, 0.15) is 6.33 Å². The van der Waals surface area contributed by atoms with E-state index in [1.807, 2.05) is 25.1 Å². The highest BCUT2D eigenvalue weighted by atomic mass is 35.5. The van der Waals surface area contributed by atoms with Crippen molar-refractivity contribution in [2.24, 2.45) is 0 Å². The van der Waals surface area contributed by atoms with Crippen LogP contribution in [0.3, 0.4) is 0 Å². The Morgan fingerprint density at radius 1 is 1.18 bits per heavy atom. The quantitative estimate of drug-likeness (QED) is 0.756. The van der Waals surface area contributed by atoms with E-state index in [-0.39, 0.29) is 5.69 Å². The molecule has 0 saturated carbocycles. The van der Waals surface area contributed by atoms with Gasteiger partial charge in [0.2, 0.25) is 0 Å². The second-order valence-corrected chi connectivity index (χ2v) is 5.56. The van der Waals surface area contributed by atoms with E-state index in [1.165, 1.54) is 11.0 Å². The molecule has 0 aliphatic rings. The Morgan fingerprint density at radius 3 is 2.59 bits per heavy atom. The average molecular weight is 315 g/mol. The van der Waals surface area contributed by atoms with Crippen LogP contribution in [0, 0.1) is 6.92 Å². The minimum absolute atomic E-state index is 0.197. The van der Waals surface area contributed by atoms with Gasteiger partial charge in [0.15, 0.2) is 0 Å². The third kappa shape index (κ3) is 2.76. The lowest BCUT2D eigenvalue weighted by molar-refractivity contribution is 0.738. The third-order valence-electron chi connectivity index (χ3n) is 3.49. The van der Waals surface area contributed by atoms with Crippen molar-refractivity contribution in [1.82, 2.24) is 14.3 Å². The van der Waals surface area contributed by atoms with Crippen LogP contribution in [0.2, 0.25) is 5.02 Å². The maximum absolute atomic E-state index is 12.4. The second kappa shape index (κ2) is 5.69. The molecular formula is C16H15ClN4O. The van der Waals surface area contributed by atoms with Crippen molar-refractivity contribution in [2.45, 2.75) is 13.5 Å². The number of aryl methyl sites for hydroxylation is 1. The molecule has 0 unspecified atom stereocenters. The van der Waals surface area contributed by atoms with Gasteiger partial charge in [-0.3, -0.25) is 4.57 Å². The number of aromatic nitrogens is 3. The van der Waals surface area contributed by atoms with Gasteiger partial charge in [0, 0.05) is 10.7 Å². The fraction of sp³-hybridized carbons (Fsp3) is 0.125. The summed E-state index contributed by atoms with van der Waals surface area (Å²) in [4.78, 5) is 12.4. The van der Waals surface area contributed by atoms with Crippen molar-refractivity contribution in [3.05, 3.63) is 75.4 Å². The Morgan fingerprint density at radius 2 is 1.91 bits per heavy atom. The monoisotopic (exact) mass is 314 g/mol. The van der Waals surface area contributed by atoms with Gasteiger partial charge in [0.05, 0.1) is 12.2 Å². The molecule has 112 valence electrons. The van der Waals surface area contributed by atoms with E-state index < -0.39 is 0 Å². The van der Waals surface area contributed by atoms with Crippen LogP contribution in [0.1, 0.15) is 11.1 Å². The van der Waals surface area contributed by atoms with Crippen LogP contribution in [0.5, 0.6) is 0 Å². The normalized spacial score (nSPS) is 10.8. The fourth-order valence-electron chi connectivity index (χ4n) is 2.24. The Hall–Kier alpha value is -2.53. The van der Waals surface area contributed by atoms with Crippen molar-refractivity contribution in [3.8, 4) is 5.69 Å². The summed E-state index contributed by atoms with van der Waals surface area (Å²) in [7, 11) is 0. The molecule has 0 aliphatic carbocycles. The van der Waals surface area contributed by atoms with Gasteiger partial charge in [-0.2, -0.15) is 9.78 Å². The smallest absolute Gasteiger partial charge is 0.350 e. The van der Waals surface area contributed by atoms with E-state index in [0.29, 0.717) is 17.3 Å². The largest absolute Gasteiger partial charge is 0.399 e. The minimum Gasteiger partial charge on any atom is -0.399 e. The topological polar surface area (TPSA) is 65.8 Å². The molecule has 2 N–H and O–H groups in total. The van der Waals surface area contributed by atoms with Crippen LogP contribution in [0.4, 0.5) is 5.69 Å². The van der Waals surface area contributed by atoms with Crippen LogP contribution in [0.15, 0.2) is 53.6 Å². The van der Waals surface area contributed by atoms with Crippen LogP contribution in [-0.2, 0) is 6.54 Å². The predicted octanol–water partition coefficient (Wildman–Crippen LogP) is 2.63. The average Bonchev–Trinajstić information content (AvgIpc) is 2.85. The number of nitrogen functional groups attached to an aromatic ring is 1. The summed E-state index contributed by atoms with van der Waals surface area (Å²) < 4.78 is 2.90. The standard InChI is InChI=1S/C16H15ClN4O/c1-11-8-12(2-7-15(11)18)9-20-10-19-21(16(20)22)14-5-3-13(17)4-6-14/h2-8,10H,9,18H2,1H3. The minimum atomic E-state index is -0.197. The second-order valence-electron chi connectivity index (χ2n) is 5.12. The lowest BCUT2D eigenvalue weighted by atomic mass is 10.1. The molecule has 1 aromatic heterocycles. The molecule has 1 heterocycles. The van der Waals surface area contributed by atoms with Crippen molar-refractivity contribution in [2.75, 3.05) is 5.73 Å². The first-order valence-electron chi connectivity index (χ1n) is 6.80. The van der Waals surface area contributed by atoms with E-state index in [1.54, 1.807) is 28.8 Å². The molecule has 2 aromatic carbocycles. The Kier molecular flexibility index (Phi) is 3.73. The number of nitrogens with two attached hydrogens (primary N) is 1. The molecule has 22 heavy (non-hydrogen) atoms. The highest BCUT2D eigenvalue weighted by Gasteiger charge is 2.08. The molecule has 0 saturated heterocycles. The van der Waals surface area contributed by atoms with Crippen molar-refractivity contribution < 1.29 is 0 Å². The summed E-state index contributed by atoms with van der Waals surface area (Å²) in [6, 6.07) is 12.7. The van der Waals surface area contributed by atoms with Crippen molar-refractivity contribution in [1.29, 1.82) is 0 Å². The van der Waals surface area contributed by atoms with Gasteiger partial charge >= 0.3 is 5.69 Å². The first-order valence-corrected chi connectivity index (χ1v) is 7.18. The summed E-state index contributed by atoms with van der Waals surface area (Å²) in [6.07, 6.45) is 1.53. The highest BCUT2D eigenvalue weighted by molar-refractivity contribution is 6.30. The molecule has 0 spiro atoms. The summed E-state index contributed by atoms with van der Waals surface area (Å²) in [5.41, 5.74) is 9.04. The number of hydrogen-bond acceptors (Lipinski definition) is 3. The summed E-state index contributed by atoms with van der Waals surface area (Å²) in [5.74, 6) is 0. The van der Waals surface area contributed by atoms with E-state index in [2.05, 4.69) is 5.10 Å². The van der Waals surface area contributed by atoms with E-state index >= 15 is 0 Å². The summed E-state index contributed by atoms with van der Waals surface area (Å²) >= 11 is 5.86. The molecule has 5 nitrogen and oxygen atoms in total. The molecule has 0 bridgehead atoms. The number of benzene rings is 2. The molecule has 3 rings (SSSR count).